The van der Waals surface area contributed by atoms with E-state index in [0.29, 0.717) is 6.54 Å². The van der Waals surface area contributed by atoms with Gasteiger partial charge in [0.25, 0.3) is 0 Å². The van der Waals surface area contributed by atoms with Crippen molar-refractivity contribution in [3.63, 3.8) is 0 Å². The lowest BCUT2D eigenvalue weighted by molar-refractivity contribution is 0.889. The maximum Gasteiger partial charge on any atom is 0.107 e. The van der Waals surface area contributed by atoms with Crippen molar-refractivity contribution in [2.45, 2.75) is 26.3 Å². The van der Waals surface area contributed by atoms with Crippen molar-refractivity contribution in [3.05, 3.63) is 65.0 Å². The molecule has 0 aliphatic carbocycles. The van der Waals surface area contributed by atoms with Crippen LogP contribution in [0.5, 0.6) is 0 Å². The van der Waals surface area contributed by atoms with E-state index in [-0.39, 0.29) is 0 Å². The number of aromatic nitrogens is 2. The molecule has 1 heterocycles. The van der Waals surface area contributed by atoms with Gasteiger partial charge in [-0.15, -0.1) is 0 Å². The molecule has 0 spiro atoms. The van der Waals surface area contributed by atoms with Gasteiger partial charge in [0.15, 0.2) is 0 Å². The fourth-order valence-electron chi connectivity index (χ4n) is 2.37. The zero-order valence-electron chi connectivity index (χ0n) is 11.7. The monoisotopic (exact) mass is 265 g/mol. The highest BCUT2D eigenvalue weighted by Gasteiger charge is 2.04. The summed E-state index contributed by atoms with van der Waals surface area (Å²) in [7, 11) is 0. The van der Waals surface area contributed by atoms with Crippen molar-refractivity contribution in [2.75, 3.05) is 0 Å². The van der Waals surface area contributed by atoms with E-state index in [1.54, 1.807) is 0 Å². The Hall–Kier alpha value is -2.13. The van der Waals surface area contributed by atoms with Crippen LogP contribution in [0.4, 0.5) is 0 Å². The second-order valence-electron chi connectivity index (χ2n) is 5.22. The number of nitrogens with one attached hydrogen (secondary N) is 1. The topological polar surface area (TPSA) is 54.7 Å². The molecule has 0 radical (unpaired) electrons. The van der Waals surface area contributed by atoms with E-state index in [9.17, 15) is 0 Å². The molecule has 3 aromatic rings. The molecule has 0 bridgehead atoms. The molecule has 3 N–H and O–H groups in total. The standard InChI is InChI=1S/C17H19N3/c1-12-2-4-13(5-3-12)7-9-17-19-15-8-6-14(11-18)10-16(15)20-17/h2-6,8,10H,7,9,11,18H2,1H3,(H,19,20). The van der Waals surface area contributed by atoms with Crippen LogP contribution in [0.2, 0.25) is 0 Å². The van der Waals surface area contributed by atoms with Crippen LogP contribution >= 0.6 is 0 Å². The second-order valence-corrected chi connectivity index (χ2v) is 5.22. The number of benzene rings is 2. The number of H-pyrrole nitrogens is 1. The summed E-state index contributed by atoms with van der Waals surface area (Å²) < 4.78 is 0. The van der Waals surface area contributed by atoms with Crippen LogP contribution in [0.15, 0.2) is 42.5 Å². The van der Waals surface area contributed by atoms with Gasteiger partial charge in [0.05, 0.1) is 11.0 Å². The van der Waals surface area contributed by atoms with Crippen molar-refractivity contribution < 1.29 is 0 Å². The molecule has 0 atom stereocenters. The fraction of sp³-hybridized carbons (Fsp3) is 0.235. The Morgan fingerprint density at radius 1 is 1.00 bits per heavy atom. The molecule has 1 aromatic heterocycles. The minimum atomic E-state index is 0.563. The minimum absolute atomic E-state index is 0.563. The lowest BCUT2D eigenvalue weighted by Crippen LogP contribution is -1.95. The Labute approximate surface area is 118 Å². The summed E-state index contributed by atoms with van der Waals surface area (Å²) in [5, 5.41) is 0. The Morgan fingerprint density at radius 3 is 2.50 bits per heavy atom. The van der Waals surface area contributed by atoms with E-state index < -0.39 is 0 Å². The highest BCUT2D eigenvalue weighted by atomic mass is 14.9. The molecule has 0 unspecified atom stereocenters. The first-order chi connectivity index (χ1) is 9.74. The Bertz CT molecular complexity index is 711. The van der Waals surface area contributed by atoms with Crippen LogP contribution < -0.4 is 5.73 Å². The van der Waals surface area contributed by atoms with Gasteiger partial charge in [0.1, 0.15) is 5.82 Å². The van der Waals surface area contributed by atoms with Crippen molar-refractivity contribution in [1.82, 2.24) is 9.97 Å². The summed E-state index contributed by atoms with van der Waals surface area (Å²) >= 11 is 0. The number of hydrogen-bond donors (Lipinski definition) is 2. The summed E-state index contributed by atoms with van der Waals surface area (Å²) in [4.78, 5) is 8.01. The molecule has 0 aliphatic heterocycles. The van der Waals surface area contributed by atoms with Gasteiger partial charge in [-0.05, 0) is 36.6 Å². The number of aryl methyl sites for hydroxylation is 3. The summed E-state index contributed by atoms with van der Waals surface area (Å²) in [6.45, 7) is 2.67. The van der Waals surface area contributed by atoms with Crippen molar-refractivity contribution >= 4 is 11.0 Å². The van der Waals surface area contributed by atoms with Crippen LogP contribution in [0.25, 0.3) is 11.0 Å². The quantitative estimate of drug-likeness (QED) is 0.761. The first kappa shape index (κ1) is 12.9. The highest BCUT2D eigenvalue weighted by molar-refractivity contribution is 5.75. The first-order valence-electron chi connectivity index (χ1n) is 6.98. The van der Waals surface area contributed by atoms with Crippen molar-refractivity contribution in [2.24, 2.45) is 5.73 Å². The van der Waals surface area contributed by atoms with Crippen LogP contribution in [-0.4, -0.2) is 9.97 Å². The van der Waals surface area contributed by atoms with Crippen LogP contribution in [-0.2, 0) is 19.4 Å². The molecule has 0 aliphatic rings. The zero-order chi connectivity index (χ0) is 13.9. The molecule has 3 nitrogen and oxygen atoms in total. The molecule has 3 heteroatoms. The summed E-state index contributed by atoms with van der Waals surface area (Å²) in [5.74, 6) is 1.04. The lowest BCUT2D eigenvalue weighted by Gasteiger charge is -1.99. The Kier molecular flexibility index (Phi) is 3.52. The Balaban J connectivity index is 1.75. The minimum Gasteiger partial charge on any atom is -0.342 e. The molecule has 3 rings (SSSR count). The summed E-state index contributed by atoms with van der Waals surface area (Å²) in [5.41, 5.74) is 11.5. The zero-order valence-corrected chi connectivity index (χ0v) is 11.7. The van der Waals surface area contributed by atoms with Gasteiger partial charge in [-0.1, -0.05) is 35.9 Å². The van der Waals surface area contributed by atoms with Gasteiger partial charge in [-0.25, -0.2) is 4.98 Å². The number of hydrogen-bond acceptors (Lipinski definition) is 2. The number of nitrogens with two attached hydrogens (primary N) is 1. The van der Waals surface area contributed by atoms with Crippen molar-refractivity contribution in [1.29, 1.82) is 0 Å². The SMILES string of the molecule is Cc1ccc(CCc2nc3ccc(CN)cc3[nH]2)cc1. The van der Waals surface area contributed by atoms with E-state index in [1.165, 1.54) is 11.1 Å². The normalized spacial score (nSPS) is 11.1. The highest BCUT2D eigenvalue weighted by Crippen LogP contribution is 2.15. The predicted molar refractivity (Wildman–Crippen MR) is 82.6 cm³/mol. The molecular formula is C17H19N3. The molecule has 0 fully saturated rings. The van der Waals surface area contributed by atoms with E-state index in [4.69, 9.17) is 5.73 Å². The number of nitrogens with zero attached hydrogens (tertiary/aromatic N) is 1. The maximum atomic E-state index is 5.66. The lowest BCUT2D eigenvalue weighted by atomic mass is 10.1. The average molecular weight is 265 g/mol. The van der Waals surface area contributed by atoms with Crippen LogP contribution in [0.3, 0.4) is 0 Å². The van der Waals surface area contributed by atoms with Crippen LogP contribution in [0.1, 0.15) is 22.5 Å². The van der Waals surface area contributed by atoms with E-state index >= 15 is 0 Å². The predicted octanol–water partition coefficient (Wildman–Crippen LogP) is 3.12. The molecule has 20 heavy (non-hydrogen) atoms. The van der Waals surface area contributed by atoms with Gasteiger partial charge in [-0.2, -0.15) is 0 Å². The van der Waals surface area contributed by atoms with Gasteiger partial charge in [-0.3, -0.25) is 0 Å². The van der Waals surface area contributed by atoms with Gasteiger partial charge < -0.3 is 10.7 Å². The van der Waals surface area contributed by atoms with Gasteiger partial charge in [0, 0.05) is 13.0 Å². The third kappa shape index (κ3) is 2.73. The molecule has 102 valence electrons. The molecule has 0 amide bonds. The second kappa shape index (κ2) is 5.47. The molecular weight excluding hydrogens is 246 g/mol. The molecule has 0 saturated heterocycles. The number of imidazole rings is 1. The smallest absolute Gasteiger partial charge is 0.107 e. The average Bonchev–Trinajstić information content (AvgIpc) is 2.88. The van der Waals surface area contributed by atoms with E-state index in [1.807, 2.05) is 12.1 Å². The molecule has 2 aromatic carbocycles. The van der Waals surface area contributed by atoms with Gasteiger partial charge >= 0.3 is 0 Å². The van der Waals surface area contributed by atoms with E-state index in [0.717, 1.165) is 35.3 Å². The van der Waals surface area contributed by atoms with Crippen LogP contribution in [0, 0.1) is 6.92 Å². The first-order valence-corrected chi connectivity index (χ1v) is 6.98. The maximum absolute atomic E-state index is 5.66. The number of fused-ring (bicyclic) bond motifs is 1. The Morgan fingerprint density at radius 2 is 1.75 bits per heavy atom. The fourth-order valence-corrected chi connectivity index (χ4v) is 2.37. The largest absolute Gasteiger partial charge is 0.342 e. The van der Waals surface area contributed by atoms with Crippen molar-refractivity contribution in [3.8, 4) is 0 Å². The summed E-state index contributed by atoms with van der Waals surface area (Å²) in [6, 6.07) is 14.8. The number of rotatable bonds is 4. The molecule has 0 saturated carbocycles. The number of aromatic amines is 1. The van der Waals surface area contributed by atoms with Gasteiger partial charge in [0.2, 0.25) is 0 Å². The third-order valence-corrected chi connectivity index (χ3v) is 3.60. The third-order valence-electron chi connectivity index (χ3n) is 3.60. The summed E-state index contributed by atoms with van der Waals surface area (Å²) in [6.07, 6.45) is 1.93. The van der Waals surface area contributed by atoms with E-state index in [2.05, 4.69) is 47.2 Å².